The summed E-state index contributed by atoms with van der Waals surface area (Å²) in [6.07, 6.45) is 0. The Bertz CT molecular complexity index is 620. The molecule has 3 heteroatoms. The van der Waals surface area contributed by atoms with Crippen molar-refractivity contribution in [3.8, 4) is 0 Å². The van der Waals surface area contributed by atoms with Crippen LogP contribution in [0.1, 0.15) is 41.3 Å². The van der Waals surface area contributed by atoms with Gasteiger partial charge in [0.15, 0.2) is 5.78 Å². The molecular formula is C16H16ClNO. The van der Waals surface area contributed by atoms with E-state index in [-0.39, 0.29) is 5.78 Å². The fourth-order valence-electron chi connectivity index (χ4n) is 1.92. The summed E-state index contributed by atoms with van der Waals surface area (Å²) in [5.74, 6) is 0.284. The number of halogens is 1. The van der Waals surface area contributed by atoms with Gasteiger partial charge < -0.3 is 5.73 Å². The van der Waals surface area contributed by atoms with Gasteiger partial charge in [0.2, 0.25) is 0 Å². The van der Waals surface area contributed by atoms with Crippen LogP contribution in [0.25, 0.3) is 0 Å². The Kier molecular flexibility index (Phi) is 3.91. The molecule has 0 heterocycles. The van der Waals surface area contributed by atoms with Crippen LogP contribution in [0.2, 0.25) is 5.02 Å². The van der Waals surface area contributed by atoms with Crippen LogP contribution in [0.5, 0.6) is 0 Å². The minimum atomic E-state index is -0.0949. The maximum Gasteiger partial charge on any atom is 0.195 e. The van der Waals surface area contributed by atoms with Crippen LogP contribution in [-0.2, 0) is 0 Å². The number of carbonyl (C=O) groups excluding carboxylic acids is 1. The van der Waals surface area contributed by atoms with Crippen LogP contribution in [0.3, 0.4) is 0 Å². The van der Waals surface area contributed by atoms with E-state index in [4.69, 9.17) is 17.3 Å². The number of benzene rings is 2. The van der Waals surface area contributed by atoms with E-state index in [1.54, 1.807) is 24.3 Å². The van der Waals surface area contributed by atoms with Crippen LogP contribution in [0.4, 0.5) is 5.69 Å². The second kappa shape index (κ2) is 5.45. The Balaban J connectivity index is 2.44. The summed E-state index contributed by atoms with van der Waals surface area (Å²) < 4.78 is 0. The molecule has 0 radical (unpaired) electrons. The third-order valence-electron chi connectivity index (χ3n) is 3.08. The number of ketones is 1. The highest BCUT2D eigenvalue weighted by atomic mass is 35.5. The number of rotatable bonds is 3. The minimum Gasteiger partial charge on any atom is -0.398 e. The van der Waals surface area contributed by atoms with Gasteiger partial charge in [-0.1, -0.05) is 43.6 Å². The van der Waals surface area contributed by atoms with Gasteiger partial charge in [0.25, 0.3) is 0 Å². The third kappa shape index (κ3) is 2.96. The van der Waals surface area contributed by atoms with Gasteiger partial charge in [-0.15, -0.1) is 0 Å². The highest BCUT2D eigenvalue weighted by Crippen LogP contribution is 2.23. The van der Waals surface area contributed by atoms with E-state index in [1.165, 1.54) is 0 Å². The molecule has 0 aliphatic carbocycles. The van der Waals surface area contributed by atoms with Crippen molar-refractivity contribution >= 4 is 23.1 Å². The van der Waals surface area contributed by atoms with E-state index in [0.717, 1.165) is 5.56 Å². The van der Waals surface area contributed by atoms with Crippen molar-refractivity contribution in [3.05, 3.63) is 64.2 Å². The van der Waals surface area contributed by atoms with E-state index >= 15 is 0 Å². The normalized spacial score (nSPS) is 10.7. The second-order valence-corrected chi connectivity index (χ2v) is 5.28. The van der Waals surface area contributed by atoms with Gasteiger partial charge in [-0.2, -0.15) is 0 Å². The Labute approximate surface area is 118 Å². The molecule has 2 aromatic carbocycles. The number of nitrogen functional groups attached to an aromatic ring is 1. The monoisotopic (exact) mass is 273 g/mol. The number of anilines is 1. The van der Waals surface area contributed by atoms with Crippen LogP contribution in [0, 0.1) is 0 Å². The van der Waals surface area contributed by atoms with Crippen LogP contribution in [-0.4, -0.2) is 5.78 Å². The minimum absolute atomic E-state index is 0.0949. The Hall–Kier alpha value is -1.80. The van der Waals surface area contributed by atoms with E-state index in [2.05, 4.69) is 13.8 Å². The summed E-state index contributed by atoms with van der Waals surface area (Å²) in [7, 11) is 0. The molecule has 0 atom stereocenters. The van der Waals surface area contributed by atoms with Crippen LogP contribution >= 0.6 is 11.6 Å². The predicted octanol–water partition coefficient (Wildman–Crippen LogP) is 4.28. The van der Waals surface area contributed by atoms with Crippen molar-refractivity contribution < 1.29 is 4.79 Å². The van der Waals surface area contributed by atoms with Gasteiger partial charge in [-0.3, -0.25) is 4.79 Å². The molecule has 0 fully saturated rings. The second-order valence-electron chi connectivity index (χ2n) is 4.84. The lowest BCUT2D eigenvalue weighted by Crippen LogP contribution is -2.06. The highest BCUT2D eigenvalue weighted by Gasteiger charge is 2.13. The largest absolute Gasteiger partial charge is 0.398 e. The third-order valence-corrected chi connectivity index (χ3v) is 3.31. The standard InChI is InChI=1S/C16H16ClNO/c1-10(2)11-4-3-5-12(8-11)16(19)14-9-13(17)6-7-15(14)18/h3-10H,18H2,1-2H3. The first-order valence-electron chi connectivity index (χ1n) is 6.18. The molecule has 0 aromatic heterocycles. The van der Waals surface area contributed by atoms with Crippen molar-refractivity contribution in [1.29, 1.82) is 0 Å². The van der Waals surface area contributed by atoms with Crippen LogP contribution in [0.15, 0.2) is 42.5 Å². The topological polar surface area (TPSA) is 43.1 Å². The Morgan fingerprint density at radius 2 is 1.89 bits per heavy atom. The Morgan fingerprint density at radius 1 is 1.16 bits per heavy atom. The van der Waals surface area contributed by atoms with Crippen LogP contribution < -0.4 is 5.73 Å². The molecule has 2 rings (SSSR count). The fourth-order valence-corrected chi connectivity index (χ4v) is 2.09. The van der Waals surface area contributed by atoms with Crippen molar-refractivity contribution in [1.82, 2.24) is 0 Å². The molecule has 0 spiro atoms. The quantitative estimate of drug-likeness (QED) is 0.670. The van der Waals surface area contributed by atoms with E-state index in [9.17, 15) is 4.79 Å². The molecule has 0 aliphatic rings. The summed E-state index contributed by atoms with van der Waals surface area (Å²) in [5, 5.41) is 0.512. The average Bonchev–Trinajstić information content (AvgIpc) is 2.41. The maximum absolute atomic E-state index is 12.5. The smallest absolute Gasteiger partial charge is 0.195 e. The predicted molar refractivity (Wildman–Crippen MR) is 79.8 cm³/mol. The zero-order valence-electron chi connectivity index (χ0n) is 11.0. The molecule has 0 saturated carbocycles. The highest BCUT2D eigenvalue weighted by molar-refractivity contribution is 6.31. The molecule has 0 unspecified atom stereocenters. The molecule has 0 bridgehead atoms. The summed E-state index contributed by atoms with van der Waals surface area (Å²) in [5.41, 5.74) is 8.52. The van der Waals surface area contributed by atoms with Gasteiger partial charge in [0, 0.05) is 21.8 Å². The summed E-state index contributed by atoms with van der Waals surface area (Å²) in [4.78, 5) is 12.5. The maximum atomic E-state index is 12.5. The lowest BCUT2D eigenvalue weighted by molar-refractivity contribution is 0.103. The first-order valence-corrected chi connectivity index (χ1v) is 6.56. The summed E-state index contributed by atoms with van der Waals surface area (Å²) in [6.45, 7) is 4.19. The van der Waals surface area contributed by atoms with E-state index in [1.807, 2.05) is 18.2 Å². The fraction of sp³-hybridized carbons (Fsp3) is 0.188. The van der Waals surface area contributed by atoms with E-state index in [0.29, 0.717) is 27.8 Å². The van der Waals surface area contributed by atoms with Crippen molar-refractivity contribution in [2.45, 2.75) is 19.8 Å². The lowest BCUT2D eigenvalue weighted by atomic mass is 9.96. The summed E-state index contributed by atoms with van der Waals surface area (Å²) >= 11 is 5.92. The Morgan fingerprint density at radius 3 is 2.58 bits per heavy atom. The molecule has 0 saturated heterocycles. The number of nitrogens with two attached hydrogens (primary N) is 1. The zero-order valence-corrected chi connectivity index (χ0v) is 11.7. The first kappa shape index (κ1) is 13.6. The van der Waals surface area contributed by atoms with Gasteiger partial charge in [0.05, 0.1) is 0 Å². The van der Waals surface area contributed by atoms with Crippen molar-refractivity contribution in [3.63, 3.8) is 0 Å². The SMILES string of the molecule is CC(C)c1cccc(C(=O)c2cc(Cl)ccc2N)c1. The molecule has 98 valence electrons. The van der Waals surface area contributed by atoms with Gasteiger partial charge in [-0.25, -0.2) is 0 Å². The van der Waals surface area contributed by atoms with Gasteiger partial charge in [0.1, 0.15) is 0 Å². The molecule has 2 N–H and O–H groups in total. The zero-order chi connectivity index (χ0) is 14.0. The first-order chi connectivity index (χ1) is 8.99. The molecule has 0 amide bonds. The van der Waals surface area contributed by atoms with Crippen molar-refractivity contribution in [2.24, 2.45) is 0 Å². The molecule has 2 nitrogen and oxygen atoms in total. The summed E-state index contributed by atoms with van der Waals surface area (Å²) in [6, 6.07) is 12.6. The molecule has 2 aromatic rings. The molecule has 0 aliphatic heterocycles. The number of hydrogen-bond donors (Lipinski definition) is 1. The molecular weight excluding hydrogens is 258 g/mol. The van der Waals surface area contributed by atoms with Gasteiger partial charge >= 0.3 is 0 Å². The molecule has 19 heavy (non-hydrogen) atoms. The van der Waals surface area contributed by atoms with Gasteiger partial charge in [-0.05, 0) is 35.7 Å². The average molecular weight is 274 g/mol. The van der Waals surface area contributed by atoms with Crippen molar-refractivity contribution in [2.75, 3.05) is 5.73 Å². The number of hydrogen-bond acceptors (Lipinski definition) is 2. The lowest BCUT2D eigenvalue weighted by Gasteiger charge is -2.09. The van der Waals surface area contributed by atoms with E-state index < -0.39 is 0 Å². The number of carbonyl (C=O) groups is 1.